The van der Waals surface area contributed by atoms with Crippen molar-refractivity contribution in [3.8, 4) is 17.2 Å². The van der Waals surface area contributed by atoms with Gasteiger partial charge < -0.3 is 34.9 Å². The molecule has 9 nitrogen and oxygen atoms in total. The SMILES string of the molecule is CN=C(NCCNC(=O)OC(C)(C)C)NCCOc1ccc2c(c1)OCO2.I. The molecule has 3 N–H and O–H groups in total. The highest BCUT2D eigenvalue weighted by Gasteiger charge is 2.15. The first-order chi connectivity index (χ1) is 12.9. The first kappa shape index (κ1) is 23.9. The number of alkyl carbamates (subject to hydrolysis) is 1. The lowest BCUT2D eigenvalue weighted by Crippen LogP contribution is -2.43. The van der Waals surface area contributed by atoms with Gasteiger partial charge in [-0.3, -0.25) is 4.99 Å². The molecule has 158 valence electrons. The van der Waals surface area contributed by atoms with Gasteiger partial charge in [-0.05, 0) is 32.9 Å². The molecule has 0 aliphatic carbocycles. The van der Waals surface area contributed by atoms with E-state index in [-0.39, 0.29) is 30.8 Å². The van der Waals surface area contributed by atoms with Gasteiger partial charge in [-0.15, -0.1) is 24.0 Å². The van der Waals surface area contributed by atoms with E-state index in [0.29, 0.717) is 43.7 Å². The maximum absolute atomic E-state index is 11.5. The molecule has 1 aliphatic rings. The number of carbonyl (C=O) groups is 1. The molecule has 28 heavy (non-hydrogen) atoms. The Hall–Kier alpha value is -2.11. The van der Waals surface area contributed by atoms with Crippen LogP contribution in [0.1, 0.15) is 20.8 Å². The number of benzene rings is 1. The minimum absolute atomic E-state index is 0. The van der Waals surface area contributed by atoms with E-state index in [0.717, 1.165) is 5.75 Å². The van der Waals surface area contributed by atoms with E-state index in [1.807, 2.05) is 32.9 Å². The molecule has 0 aromatic heterocycles. The van der Waals surface area contributed by atoms with Crippen molar-refractivity contribution in [3.05, 3.63) is 18.2 Å². The number of nitrogens with zero attached hydrogens (tertiary/aromatic N) is 1. The van der Waals surface area contributed by atoms with Gasteiger partial charge in [0.1, 0.15) is 18.0 Å². The summed E-state index contributed by atoms with van der Waals surface area (Å²) in [6.45, 7) is 7.66. The molecule has 0 radical (unpaired) electrons. The largest absolute Gasteiger partial charge is 0.492 e. The zero-order valence-corrected chi connectivity index (χ0v) is 19.0. The Morgan fingerprint density at radius 1 is 1.11 bits per heavy atom. The van der Waals surface area contributed by atoms with Crippen molar-refractivity contribution in [1.29, 1.82) is 0 Å². The number of hydrogen-bond donors (Lipinski definition) is 3. The van der Waals surface area contributed by atoms with E-state index in [1.165, 1.54) is 0 Å². The Morgan fingerprint density at radius 2 is 1.79 bits per heavy atom. The van der Waals surface area contributed by atoms with Crippen LogP contribution in [-0.4, -0.2) is 57.7 Å². The van der Waals surface area contributed by atoms with Crippen LogP contribution in [0.3, 0.4) is 0 Å². The summed E-state index contributed by atoms with van der Waals surface area (Å²) in [5.41, 5.74) is -0.507. The van der Waals surface area contributed by atoms with Crippen molar-refractivity contribution >= 4 is 36.0 Å². The smallest absolute Gasteiger partial charge is 0.407 e. The molecular formula is C18H29IN4O5. The van der Waals surface area contributed by atoms with Gasteiger partial charge in [-0.1, -0.05) is 0 Å². The number of ether oxygens (including phenoxy) is 4. The van der Waals surface area contributed by atoms with E-state index in [4.69, 9.17) is 18.9 Å². The molecule has 0 unspecified atom stereocenters. The average molecular weight is 508 g/mol. The van der Waals surface area contributed by atoms with Crippen LogP contribution in [0.15, 0.2) is 23.2 Å². The van der Waals surface area contributed by atoms with Crippen LogP contribution in [0.4, 0.5) is 4.79 Å². The summed E-state index contributed by atoms with van der Waals surface area (Å²) in [6, 6.07) is 5.46. The number of rotatable bonds is 7. The summed E-state index contributed by atoms with van der Waals surface area (Å²) in [5, 5.41) is 8.90. The van der Waals surface area contributed by atoms with E-state index in [9.17, 15) is 4.79 Å². The molecule has 0 bridgehead atoms. The topological polar surface area (TPSA) is 102 Å². The summed E-state index contributed by atoms with van der Waals surface area (Å²) in [7, 11) is 1.68. The normalized spacial score (nSPS) is 12.6. The summed E-state index contributed by atoms with van der Waals surface area (Å²) in [5.74, 6) is 2.75. The summed E-state index contributed by atoms with van der Waals surface area (Å²) in [6.07, 6.45) is -0.440. The molecule has 0 spiro atoms. The Morgan fingerprint density at radius 3 is 2.50 bits per heavy atom. The summed E-state index contributed by atoms with van der Waals surface area (Å²) in [4.78, 5) is 15.7. The van der Waals surface area contributed by atoms with Gasteiger partial charge in [0.25, 0.3) is 0 Å². The van der Waals surface area contributed by atoms with Crippen molar-refractivity contribution in [2.24, 2.45) is 4.99 Å². The molecule has 0 atom stereocenters. The summed E-state index contributed by atoms with van der Waals surface area (Å²) >= 11 is 0. The maximum atomic E-state index is 11.5. The quantitative estimate of drug-likeness (QED) is 0.225. The van der Waals surface area contributed by atoms with Crippen molar-refractivity contribution in [2.45, 2.75) is 26.4 Å². The zero-order chi connectivity index (χ0) is 19.7. The highest BCUT2D eigenvalue weighted by atomic mass is 127. The molecule has 1 amide bonds. The van der Waals surface area contributed by atoms with Crippen LogP contribution < -0.4 is 30.2 Å². The fourth-order valence-corrected chi connectivity index (χ4v) is 2.19. The monoisotopic (exact) mass is 508 g/mol. The van der Waals surface area contributed by atoms with Crippen molar-refractivity contribution in [2.75, 3.05) is 40.1 Å². The van der Waals surface area contributed by atoms with E-state index in [1.54, 1.807) is 13.1 Å². The number of guanidine groups is 1. The van der Waals surface area contributed by atoms with Gasteiger partial charge in [0.05, 0.1) is 6.54 Å². The lowest BCUT2D eigenvalue weighted by Gasteiger charge is -2.19. The van der Waals surface area contributed by atoms with Crippen molar-refractivity contribution < 1.29 is 23.7 Å². The molecular weight excluding hydrogens is 479 g/mol. The fourth-order valence-electron chi connectivity index (χ4n) is 2.19. The Labute approximate surface area is 182 Å². The predicted octanol–water partition coefficient (Wildman–Crippen LogP) is 2.10. The van der Waals surface area contributed by atoms with Crippen LogP contribution in [0, 0.1) is 0 Å². The molecule has 1 heterocycles. The number of amides is 1. The highest BCUT2D eigenvalue weighted by Crippen LogP contribution is 2.34. The molecule has 1 aromatic rings. The van der Waals surface area contributed by atoms with Crippen LogP contribution in [0.5, 0.6) is 17.2 Å². The molecule has 0 saturated heterocycles. The lowest BCUT2D eigenvalue weighted by molar-refractivity contribution is 0.0529. The number of hydrogen-bond acceptors (Lipinski definition) is 6. The van der Waals surface area contributed by atoms with Crippen LogP contribution in [0.25, 0.3) is 0 Å². The number of carbonyl (C=O) groups excluding carboxylic acids is 1. The van der Waals surface area contributed by atoms with Gasteiger partial charge in [-0.25, -0.2) is 4.79 Å². The third kappa shape index (κ3) is 8.72. The average Bonchev–Trinajstić information content (AvgIpc) is 3.06. The van der Waals surface area contributed by atoms with Crippen LogP contribution >= 0.6 is 24.0 Å². The van der Waals surface area contributed by atoms with Gasteiger partial charge in [0, 0.05) is 26.2 Å². The molecule has 1 aliphatic heterocycles. The molecule has 2 rings (SSSR count). The van der Waals surface area contributed by atoms with Gasteiger partial charge >= 0.3 is 6.09 Å². The van der Waals surface area contributed by atoms with E-state index < -0.39 is 11.7 Å². The van der Waals surface area contributed by atoms with Crippen LogP contribution in [-0.2, 0) is 4.74 Å². The number of halogens is 1. The minimum Gasteiger partial charge on any atom is -0.492 e. The summed E-state index contributed by atoms with van der Waals surface area (Å²) < 4.78 is 21.4. The van der Waals surface area contributed by atoms with Gasteiger partial charge in [0.15, 0.2) is 17.5 Å². The Balaban J connectivity index is 0.00000392. The number of nitrogens with one attached hydrogen (secondary N) is 3. The number of aliphatic imine (C=N–C) groups is 1. The first-order valence-corrected chi connectivity index (χ1v) is 8.81. The third-order valence-electron chi connectivity index (χ3n) is 3.32. The predicted molar refractivity (Wildman–Crippen MR) is 117 cm³/mol. The van der Waals surface area contributed by atoms with Crippen LogP contribution in [0.2, 0.25) is 0 Å². The second-order valence-electron chi connectivity index (χ2n) is 6.72. The standard InChI is InChI=1S/C18H28N4O5.HI/c1-18(2,3)27-17(23)22-8-7-20-16(19-4)21-9-10-24-13-5-6-14-15(11-13)26-12-25-14;/h5-6,11H,7-10,12H2,1-4H3,(H,22,23)(H2,19,20,21);1H. The lowest BCUT2D eigenvalue weighted by atomic mass is 10.2. The molecule has 1 aromatic carbocycles. The minimum atomic E-state index is -0.507. The molecule has 10 heteroatoms. The first-order valence-electron chi connectivity index (χ1n) is 8.81. The Kier molecular flexibility index (Phi) is 9.97. The fraction of sp³-hybridized carbons (Fsp3) is 0.556. The maximum Gasteiger partial charge on any atom is 0.407 e. The van der Waals surface area contributed by atoms with Gasteiger partial charge in [-0.2, -0.15) is 0 Å². The van der Waals surface area contributed by atoms with Gasteiger partial charge in [0.2, 0.25) is 6.79 Å². The zero-order valence-electron chi connectivity index (χ0n) is 16.7. The molecule has 0 saturated carbocycles. The van der Waals surface area contributed by atoms with E-state index >= 15 is 0 Å². The Bertz CT molecular complexity index is 664. The number of fused-ring (bicyclic) bond motifs is 1. The third-order valence-corrected chi connectivity index (χ3v) is 3.32. The second-order valence-corrected chi connectivity index (χ2v) is 6.72. The van der Waals surface area contributed by atoms with Crippen molar-refractivity contribution in [1.82, 2.24) is 16.0 Å². The van der Waals surface area contributed by atoms with Crippen molar-refractivity contribution in [3.63, 3.8) is 0 Å². The second kappa shape index (κ2) is 11.7. The van der Waals surface area contributed by atoms with E-state index in [2.05, 4.69) is 20.9 Å². The molecule has 0 fully saturated rings. The highest BCUT2D eigenvalue weighted by molar-refractivity contribution is 14.0.